The van der Waals surface area contributed by atoms with Crippen molar-refractivity contribution in [3.8, 4) is 0 Å². The number of thiocarbonyl (C=S) groups is 1. The number of aliphatic imine (C=N–C) groups is 1. The molecule has 1 atom stereocenters. The van der Waals surface area contributed by atoms with Gasteiger partial charge in [0.15, 0.2) is 6.04 Å². The Bertz CT molecular complexity index is 358. The molecule has 72 valence electrons. The summed E-state index contributed by atoms with van der Waals surface area (Å²) in [6, 6.07) is 8.39. The second-order valence-corrected chi connectivity index (χ2v) is 2.74. The summed E-state index contributed by atoms with van der Waals surface area (Å²) in [7, 11) is 1.32. The van der Waals surface area contributed by atoms with Crippen LogP contribution in [0.3, 0.4) is 0 Å². The number of carbonyl (C=O) groups is 1. The Labute approximate surface area is 87.4 Å². The highest BCUT2D eigenvalue weighted by molar-refractivity contribution is 7.78. The number of hydrogen-bond donors (Lipinski definition) is 0. The highest BCUT2D eigenvalue weighted by Crippen LogP contribution is 2.17. The van der Waals surface area contributed by atoms with Gasteiger partial charge in [-0.05, 0) is 17.8 Å². The van der Waals surface area contributed by atoms with Crippen molar-refractivity contribution in [3.05, 3.63) is 35.9 Å². The maximum absolute atomic E-state index is 11.3. The van der Waals surface area contributed by atoms with Crippen LogP contribution in [0.2, 0.25) is 0 Å². The first-order valence-electron chi connectivity index (χ1n) is 3.99. The van der Waals surface area contributed by atoms with E-state index >= 15 is 0 Å². The van der Waals surface area contributed by atoms with Gasteiger partial charge in [-0.3, -0.25) is 0 Å². The van der Waals surface area contributed by atoms with E-state index in [1.54, 1.807) is 12.1 Å². The summed E-state index contributed by atoms with van der Waals surface area (Å²) >= 11 is 4.47. The number of hydrogen-bond acceptors (Lipinski definition) is 4. The quantitative estimate of drug-likeness (QED) is 0.432. The molecule has 0 unspecified atom stereocenters. The molecule has 4 heteroatoms. The number of esters is 1. The molecular weight excluding hydrogens is 198 g/mol. The van der Waals surface area contributed by atoms with Gasteiger partial charge in [0, 0.05) is 0 Å². The summed E-state index contributed by atoms with van der Waals surface area (Å²) in [4.78, 5) is 15.1. The number of isothiocyanates is 1. The maximum atomic E-state index is 11.3. The lowest BCUT2D eigenvalue weighted by Crippen LogP contribution is -2.11. The van der Waals surface area contributed by atoms with Gasteiger partial charge in [-0.15, -0.1) is 0 Å². The third-order valence-corrected chi connectivity index (χ3v) is 1.83. The molecule has 0 saturated heterocycles. The Morgan fingerprint density at radius 3 is 2.64 bits per heavy atom. The van der Waals surface area contributed by atoms with Crippen LogP contribution in [0, 0.1) is 0 Å². The smallest absolute Gasteiger partial charge is 0.336 e. The van der Waals surface area contributed by atoms with Gasteiger partial charge in [0.25, 0.3) is 0 Å². The predicted molar refractivity (Wildman–Crippen MR) is 56.2 cm³/mol. The fourth-order valence-corrected chi connectivity index (χ4v) is 1.17. The van der Waals surface area contributed by atoms with Crippen LogP contribution in [0.4, 0.5) is 0 Å². The molecule has 0 N–H and O–H groups in total. The molecular formula is C10H9NO2S. The second kappa shape index (κ2) is 5.27. The minimum absolute atomic E-state index is 0.437. The molecule has 0 aliphatic rings. The van der Waals surface area contributed by atoms with Crippen LogP contribution < -0.4 is 0 Å². The fraction of sp³-hybridized carbons (Fsp3) is 0.200. The minimum atomic E-state index is -0.696. The van der Waals surface area contributed by atoms with Crippen molar-refractivity contribution < 1.29 is 9.53 Å². The summed E-state index contributed by atoms with van der Waals surface area (Å²) in [6.07, 6.45) is 0. The monoisotopic (exact) mass is 207 g/mol. The van der Waals surface area contributed by atoms with E-state index in [4.69, 9.17) is 0 Å². The lowest BCUT2D eigenvalue weighted by molar-refractivity contribution is -0.142. The zero-order valence-corrected chi connectivity index (χ0v) is 8.45. The molecule has 0 amide bonds. The lowest BCUT2D eigenvalue weighted by Gasteiger charge is -2.07. The Balaban J connectivity index is 3.00. The number of rotatable bonds is 3. The Hall–Kier alpha value is -1.51. The Kier molecular flexibility index (Phi) is 3.98. The lowest BCUT2D eigenvalue weighted by atomic mass is 10.1. The van der Waals surface area contributed by atoms with Crippen LogP contribution in [0.1, 0.15) is 11.6 Å². The van der Waals surface area contributed by atoms with Crippen LogP contribution >= 0.6 is 12.2 Å². The van der Waals surface area contributed by atoms with E-state index < -0.39 is 12.0 Å². The first-order valence-corrected chi connectivity index (χ1v) is 4.40. The summed E-state index contributed by atoms with van der Waals surface area (Å²) in [6.45, 7) is 0. The number of nitrogens with zero attached hydrogens (tertiary/aromatic N) is 1. The Morgan fingerprint density at radius 1 is 1.50 bits per heavy atom. The third kappa shape index (κ3) is 2.49. The predicted octanol–water partition coefficient (Wildman–Crippen LogP) is 2.00. The maximum Gasteiger partial charge on any atom is 0.336 e. The van der Waals surface area contributed by atoms with Crippen molar-refractivity contribution in [2.24, 2.45) is 4.99 Å². The Morgan fingerprint density at radius 2 is 2.14 bits per heavy atom. The van der Waals surface area contributed by atoms with Gasteiger partial charge in [0.2, 0.25) is 0 Å². The molecule has 0 spiro atoms. The molecule has 3 nitrogen and oxygen atoms in total. The molecule has 0 aliphatic heterocycles. The van der Waals surface area contributed by atoms with E-state index in [1.165, 1.54) is 7.11 Å². The molecule has 0 aromatic heterocycles. The van der Waals surface area contributed by atoms with E-state index in [9.17, 15) is 4.79 Å². The molecule has 0 heterocycles. The van der Waals surface area contributed by atoms with Gasteiger partial charge in [-0.1, -0.05) is 30.3 Å². The molecule has 14 heavy (non-hydrogen) atoms. The molecule has 0 bridgehead atoms. The number of carbonyl (C=O) groups excluding carboxylic acids is 1. The minimum Gasteiger partial charge on any atom is -0.467 e. The normalized spacial score (nSPS) is 11.2. The van der Waals surface area contributed by atoms with Gasteiger partial charge >= 0.3 is 5.97 Å². The van der Waals surface area contributed by atoms with Crippen molar-refractivity contribution in [1.29, 1.82) is 0 Å². The third-order valence-electron chi connectivity index (χ3n) is 1.72. The summed E-state index contributed by atoms with van der Waals surface area (Å²) < 4.78 is 4.60. The van der Waals surface area contributed by atoms with Crippen LogP contribution in [0.25, 0.3) is 0 Å². The summed E-state index contributed by atoms with van der Waals surface area (Å²) in [5.41, 5.74) is 0.747. The average Bonchev–Trinajstić information content (AvgIpc) is 2.26. The van der Waals surface area contributed by atoms with Gasteiger partial charge in [0.05, 0.1) is 12.3 Å². The largest absolute Gasteiger partial charge is 0.467 e. The zero-order chi connectivity index (χ0) is 10.4. The van der Waals surface area contributed by atoms with Crippen LogP contribution in [-0.2, 0) is 9.53 Å². The zero-order valence-electron chi connectivity index (χ0n) is 7.64. The van der Waals surface area contributed by atoms with Crippen molar-refractivity contribution in [1.82, 2.24) is 0 Å². The standard InChI is InChI=1S/C10H9NO2S/c1-13-10(12)9(11-7-14)8-5-3-2-4-6-8/h2-6,9H,1H3/t9-/m0/s1. The van der Waals surface area contributed by atoms with Crippen molar-refractivity contribution in [2.75, 3.05) is 7.11 Å². The van der Waals surface area contributed by atoms with Crippen molar-refractivity contribution in [3.63, 3.8) is 0 Å². The van der Waals surface area contributed by atoms with Gasteiger partial charge < -0.3 is 4.74 Å². The SMILES string of the molecule is COC(=O)[C@@H](N=C=S)c1ccccc1. The van der Waals surface area contributed by atoms with Crippen LogP contribution in [0.15, 0.2) is 35.3 Å². The van der Waals surface area contributed by atoms with E-state index in [1.807, 2.05) is 18.2 Å². The highest BCUT2D eigenvalue weighted by Gasteiger charge is 2.19. The molecule has 1 rings (SSSR count). The number of benzene rings is 1. The van der Waals surface area contributed by atoms with E-state index in [0.29, 0.717) is 0 Å². The van der Waals surface area contributed by atoms with E-state index in [2.05, 4.69) is 27.1 Å². The summed E-state index contributed by atoms with van der Waals surface area (Å²) in [5.74, 6) is -0.437. The summed E-state index contributed by atoms with van der Waals surface area (Å²) in [5, 5.41) is 2.19. The van der Waals surface area contributed by atoms with Crippen LogP contribution in [0.5, 0.6) is 0 Å². The fourth-order valence-electron chi connectivity index (χ4n) is 1.06. The molecule has 0 aliphatic carbocycles. The van der Waals surface area contributed by atoms with E-state index in [-0.39, 0.29) is 0 Å². The molecule has 0 fully saturated rings. The van der Waals surface area contributed by atoms with Gasteiger partial charge in [-0.25, -0.2) is 9.79 Å². The van der Waals surface area contributed by atoms with Crippen molar-refractivity contribution >= 4 is 23.3 Å². The average molecular weight is 207 g/mol. The topological polar surface area (TPSA) is 38.7 Å². The molecule has 0 saturated carbocycles. The molecule has 1 aromatic rings. The van der Waals surface area contributed by atoms with Crippen molar-refractivity contribution in [2.45, 2.75) is 6.04 Å². The first-order chi connectivity index (χ1) is 6.79. The van der Waals surface area contributed by atoms with Gasteiger partial charge in [0.1, 0.15) is 0 Å². The number of ether oxygens (including phenoxy) is 1. The molecule has 1 aromatic carbocycles. The second-order valence-electron chi connectivity index (χ2n) is 2.56. The first kappa shape index (κ1) is 10.6. The van der Waals surface area contributed by atoms with E-state index in [0.717, 1.165) is 5.56 Å². The van der Waals surface area contributed by atoms with Crippen LogP contribution in [-0.4, -0.2) is 18.2 Å². The van der Waals surface area contributed by atoms with Gasteiger partial charge in [-0.2, -0.15) is 0 Å². The highest BCUT2D eigenvalue weighted by atomic mass is 32.1. The number of methoxy groups -OCH3 is 1. The molecule has 0 radical (unpaired) electrons.